The van der Waals surface area contributed by atoms with Crippen molar-refractivity contribution in [3.05, 3.63) is 0 Å². The fourth-order valence-electron chi connectivity index (χ4n) is 4.04. The van der Waals surface area contributed by atoms with Crippen LogP contribution in [0.25, 0.3) is 0 Å². The minimum atomic E-state index is 0.347. The van der Waals surface area contributed by atoms with Crippen molar-refractivity contribution in [2.75, 3.05) is 13.1 Å². The second kappa shape index (κ2) is 7.82. The second-order valence-corrected chi connectivity index (χ2v) is 8.20. The summed E-state index contributed by atoms with van der Waals surface area (Å²) < 4.78 is 0. The molecule has 120 valence electrons. The van der Waals surface area contributed by atoms with Gasteiger partial charge >= 0.3 is 0 Å². The van der Waals surface area contributed by atoms with Gasteiger partial charge in [-0.3, -0.25) is 4.90 Å². The van der Waals surface area contributed by atoms with Gasteiger partial charge in [0.2, 0.25) is 0 Å². The Labute approximate surface area is 128 Å². The largest absolute Gasteiger partial charge is 0.297 e. The first-order chi connectivity index (χ1) is 9.34. The Bertz CT molecular complexity index is 259. The summed E-state index contributed by atoms with van der Waals surface area (Å²) in [4.78, 5) is 2.82. The SMILES string of the molecule is CCCCCCC(C)C(C)(N1CCCCC1)C(C)(C)C. The molecule has 0 aromatic heterocycles. The Kier molecular flexibility index (Phi) is 7.04. The van der Waals surface area contributed by atoms with Gasteiger partial charge in [0.1, 0.15) is 0 Å². The maximum absolute atomic E-state index is 2.82. The molecule has 1 aliphatic heterocycles. The first-order valence-electron chi connectivity index (χ1n) is 9.09. The Morgan fingerprint density at radius 2 is 1.50 bits per heavy atom. The smallest absolute Gasteiger partial charge is 0.0255 e. The molecule has 2 unspecified atom stereocenters. The summed E-state index contributed by atoms with van der Waals surface area (Å²) in [5.41, 5.74) is 0.703. The standard InChI is InChI=1S/C19H39N/c1-7-8-9-11-14-17(2)19(6,18(3,4)5)20-15-12-10-13-16-20/h17H,7-16H2,1-6H3. The summed E-state index contributed by atoms with van der Waals surface area (Å²) in [6, 6.07) is 0. The molecule has 1 saturated heterocycles. The van der Waals surface area contributed by atoms with Crippen LogP contribution in [0.5, 0.6) is 0 Å². The van der Waals surface area contributed by atoms with E-state index in [4.69, 9.17) is 0 Å². The van der Waals surface area contributed by atoms with Crippen LogP contribution in [0.2, 0.25) is 0 Å². The molecule has 2 atom stereocenters. The summed E-state index contributed by atoms with van der Waals surface area (Å²) in [7, 11) is 0. The van der Waals surface area contributed by atoms with Crippen molar-refractivity contribution < 1.29 is 0 Å². The van der Waals surface area contributed by atoms with E-state index in [1.807, 2.05) is 0 Å². The van der Waals surface area contributed by atoms with Gasteiger partial charge in [-0.25, -0.2) is 0 Å². The molecule has 0 aromatic carbocycles. The van der Waals surface area contributed by atoms with Gasteiger partial charge in [-0.2, -0.15) is 0 Å². The summed E-state index contributed by atoms with van der Waals surface area (Å²) in [5.74, 6) is 0.789. The van der Waals surface area contributed by atoms with Crippen molar-refractivity contribution in [1.82, 2.24) is 4.90 Å². The molecule has 0 N–H and O–H groups in total. The Morgan fingerprint density at radius 3 is 2.00 bits per heavy atom. The molecular formula is C19H39N. The van der Waals surface area contributed by atoms with Crippen LogP contribution in [-0.4, -0.2) is 23.5 Å². The van der Waals surface area contributed by atoms with Crippen LogP contribution in [0, 0.1) is 11.3 Å². The highest BCUT2D eigenvalue weighted by Gasteiger charge is 2.46. The summed E-state index contributed by atoms with van der Waals surface area (Å²) in [5, 5.41) is 0. The number of nitrogens with zero attached hydrogens (tertiary/aromatic N) is 1. The lowest BCUT2D eigenvalue weighted by molar-refractivity contribution is -0.0490. The zero-order valence-electron chi connectivity index (χ0n) is 15.1. The van der Waals surface area contributed by atoms with Gasteiger partial charge in [0, 0.05) is 5.54 Å². The number of hydrogen-bond acceptors (Lipinski definition) is 1. The van der Waals surface area contributed by atoms with Crippen molar-refractivity contribution in [3.63, 3.8) is 0 Å². The number of unbranched alkanes of at least 4 members (excludes halogenated alkanes) is 3. The molecule has 0 aliphatic carbocycles. The molecule has 0 saturated carbocycles. The zero-order chi connectivity index (χ0) is 15.2. The molecule has 1 nitrogen and oxygen atoms in total. The molecule has 1 rings (SSSR count). The molecule has 1 fully saturated rings. The number of likely N-dealkylation sites (tertiary alicyclic amines) is 1. The fourth-order valence-corrected chi connectivity index (χ4v) is 4.04. The van der Waals surface area contributed by atoms with Gasteiger partial charge in [-0.05, 0) is 50.6 Å². The van der Waals surface area contributed by atoms with Gasteiger partial charge in [0.05, 0.1) is 0 Å². The summed E-state index contributed by atoms with van der Waals surface area (Å²) in [6.45, 7) is 17.3. The van der Waals surface area contributed by atoms with Crippen molar-refractivity contribution in [2.45, 2.75) is 98.4 Å². The molecule has 1 heterocycles. The fraction of sp³-hybridized carbons (Fsp3) is 1.00. The molecular weight excluding hydrogens is 242 g/mol. The van der Waals surface area contributed by atoms with Crippen molar-refractivity contribution >= 4 is 0 Å². The molecule has 0 aromatic rings. The Balaban J connectivity index is 2.71. The lowest BCUT2D eigenvalue weighted by Gasteiger charge is -2.55. The van der Waals surface area contributed by atoms with Crippen LogP contribution in [0.15, 0.2) is 0 Å². The van der Waals surface area contributed by atoms with Crippen molar-refractivity contribution in [3.8, 4) is 0 Å². The minimum Gasteiger partial charge on any atom is -0.297 e. The lowest BCUT2D eigenvalue weighted by Crippen LogP contribution is -2.60. The first-order valence-corrected chi connectivity index (χ1v) is 9.09. The van der Waals surface area contributed by atoms with E-state index in [2.05, 4.69) is 46.4 Å². The van der Waals surface area contributed by atoms with Gasteiger partial charge < -0.3 is 0 Å². The van der Waals surface area contributed by atoms with E-state index in [9.17, 15) is 0 Å². The van der Waals surface area contributed by atoms with Crippen LogP contribution >= 0.6 is 0 Å². The van der Waals surface area contributed by atoms with Crippen molar-refractivity contribution in [2.24, 2.45) is 11.3 Å². The summed E-state index contributed by atoms with van der Waals surface area (Å²) >= 11 is 0. The predicted octanol–water partition coefficient (Wildman–Crippen LogP) is 5.88. The molecule has 0 radical (unpaired) electrons. The topological polar surface area (TPSA) is 3.24 Å². The molecule has 1 heteroatoms. The number of hydrogen-bond donors (Lipinski definition) is 0. The van der Waals surface area contributed by atoms with Crippen LogP contribution in [0.4, 0.5) is 0 Å². The van der Waals surface area contributed by atoms with E-state index in [0.717, 1.165) is 5.92 Å². The first kappa shape index (κ1) is 18.0. The molecule has 0 bridgehead atoms. The Hall–Kier alpha value is -0.0400. The van der Waals surface area contributed by atoms with Gasteiger partial charge in [0.25, 0.3) is 0 Å². The van der Waals surface area contributed by atoms with Crippen molar-refractivity contribution in [1.29, 1.82) is 0 Å². The minimum absolute atomic E-state index is 0.347. The predicted molar refractivity (Wildman–Crippen MR) is 91.2 cm³/mol. The monoisotopic (exact) mass is 281 g/mol. The van der Waals surface area contributed by atoms with E-state index in [-0.39, 0.29) is 0 Å². The maximum Gasteiger partial charge on any atom is 0.0255 e. The highest BCUT2D eigenvalue weighted by molar-refractivity contribution is 5.00. The summed E-state index contributed by atoms with van der Waals surface area (Å²) in [6.07, 6.45) is 11.2. The van der Waals surface area contributed by atoms with Gasteiger partial charge in [-0.1, -0.05) is 66.7 Å². The zero-order valence-corrected chi connectivity index (χ0v) is 15.1. The molecule has 20 heavy (non-hydrogen) atoms. The van der Waals surface area contributed by atoms with Crippen LogP contribution in [0.1, 0.15) is 92.9 Å². The highest BCUT2D eigenvalue weighted by atomic mass is 15.2. The molecule has 0 spiro atoms. The second-order valence-electron chi connectivity index (χ2n) is 8.20. The third kappa shape index (κ3) is 4.23. The highest BCUT2D eigenvalue weighted by Crippen LogP contribution is 2.44. The normalized spacial score (nSPS) is 22.5. The average Bonchev–Trinajstić information content (AvgIpc) is 2.42. The maximum atomic E-state index is 2.82. The van der Waals surface area contributed by atoms with E-state index < -0.39 is 0 Å². The third-order valence-corrected chi connectivity index (χ3v) is 5.98. The number of piperidine rings is 1. The van der Waals surface area contributed by atoms with Gasteiger partial charge in [0.15, 0.2) is 0 Å². The van der Waals surface area contributed by atoms with Gasteiger partial charge in [-0.15, -0.1) is 0 Å². The number of rotatable bonds is 7. The van der Waals surface area contributed by atoms with E-state index in [0.29, 0.717) is 11.0 Å². The molecule has 0 amide bonds. The van der Waals surface area contributed by atoms with E-state index in [1.165, 1.54) is 64.5 Å². The average molecular weight is 282 g/mol. The molecule has 1 aliphatic rings. The van der Waals surface area contributed by atoms with E-state index in [1.54, 1.807) is 0 Å². The third-order valence-electron chi connectivity index (χ3n) is 5.98. The Morgan fingerprint density at radius 1 is 0.900 bits per heavy atom. The van der Waals surface area contributed by atoms with E-state index >= 15 is 0 Å². The van der Waals surface area contributed by atoms with Crippen LogP contribution < -0.4 is 0 Å². The van der Waals surface area contributed by atoms with Crippen LogP contribution in [-0.2, 0) is 0 Å². The quantitative estimate of drug-likeness (QED) is 0.526. The lowest BCUT2D eigenvalue weighted by atomic mass is 9.65. The van der Waals surface area contributed by atoms with Crippen LogP contribution in [0.3, 0.4) is 0 Å².